The number of hydrogen-bond donors (Lipinski definition) is 1. The van der Waals surface area contributed by atoms with E-state index in [9.17, 15) is 4.79 Å². The van der Waals surface area contributed by atoms with E-state index < -0.39 is 0 Å². The number of para-hydroxylation sites is 1. The molecule has 0 fully saturated rings. The Labute approximate surface area is 173 Å². The topological polar surface area (TPSA) is 64.4 Å². The number of oxazole rings is 1. The van der Waals surface area contributed by atoms with Crippen molar-refractivity contribution in [3.63, 3.8) is 0 Å². The minimum Gasteiger partial charge on any atom is -0.483 e. The van der Waals surface area contributed by atoms with Crippen molar-refractivity contribution >= 4 is 34.3 Å². The van der Waals surface area contributed by atoms with Crippen molar-refractivity contribution in [2.75, 3.05) is 11.9 Å². The van der Waals surface area contributed by atoms with Crippen molar-refractivity contribution < 1.29 is 13.9 Å². The van der Waals surface area contributed by atoms with Crippen LogP contribution in [-0.2, 0) is 4.79 Å². The van der Waals surface area contributed by atoms with Gasteiger partial charge in [0.1, 0.15) is 11.3 Å². The summed E-state index contributed by atoms with van der Waals surface area (Å²) in [5.74, 6) is 0.742. The zero-order valence-electron chi connectivity index (χ0n) is 16.0. The second-order valence-electron chi connectivity index (χ2n) is 6.79. The van der Waals surface area contributed by atoms with Gasteiger partial charge in [0.25, 0.3) is 5.91 Å². The summed E-state index contributed by atoms with van der Waals surface area (Å²) >= 11 is 5.95. The number of rotatable bonds is 5. The first-order valence-corrected chi connectivity index (χ1v) is 9.53. The molecule has 0 aliphatic heterocycles. The van der Waals surface area contributed by atoms with Crippen LogP contribution >= 0.6 is 11.6 Å². The van der Waals surface area contributed by atoms with Gasteiger partial charge in [0, 0.05) is 10.7 Å². The van der Waals surface area contributed by atoms with Gasteiger partial charge >= 0.3 is 0 Å². The van der Waals surface area contributed by atoms with Gasteiger partial charge in [0.05, 0.1) is 5.56 Å². The monoisotopic (exact) mass is 406 g/mol. The lowest BCUT2D eigenvalue weighted by molar-refractivity contribution is -0.118. The van der Waals surface area contributed by atoms with Gasteiger partial charge < -0.3 is 14.5 Å². The quantitative estimate of drug-likeness (QED) is 0.456. The summed E-state index contributed by atoms with van der Waals surface area (Å²) in [6, 6.07) is 18.5. The van der Waals surface area contributed by atoms with Crippen molar-refractivity contribution in [2.24, 2.45) is 0 Å². The fourth-order valence-corrected chi connectivity index (χ4v) is 3.25. The third-order valence-corrected chi connectivity index (χ3v) is 4.68. The van der Waals surface area contributed by atoms with Crippen LogP contribution in [0.2, 0.25) is 5.02 Å². The molecule has 6 heteroatoms. The molecule has 0 atom stereocenters. The van der Waals surface area contributed by atoms with E-state index in [1.807, 2.05) is 50.2 Å². The average molecular weight is 407 g/mol. The summed E-state index contributed by atoms with van der Waals surface area (Å²) in [7, 11) is 0. The molecule has 1 N–H and O–H groups in total. The zero-order chi connectivity index (χ0) is 20.4. The number of nitrogens with zero attached hydrogens (tertiary/aromatic N) is 1. The van der Waals surface area contributed by atoms with Gasteiger partial charge in [0.15, 0.2) is 12.2 Å². The molecule has 4 rings (SSSR count). The number of ether oxygens (including phenoxy) is 1. The summed E-state index contributed by atoms with van der Waals surface area (Å²) in [5, 5.41) is 3.32. The van der Waals surface area contributed by atoms with Crippen LogP contribution in [0.5, 0.6) is 5.75 Å². The highest BCUT2D eigenvalue weighted by Gasteiger charge is 2.16. The highest BCUT2D eigenvalue weighted by molar-refractivity contribution is 6.30. The lowest BCUT2D eigenvalue weighted by Gasteiger charge is -2.12. The number of anilines is 1. The van der Waals surface area contributed by atoms with Gasteiger partial charge in [-0.15, -0.1) is 0 Å². The molecule has 1 amide bonds. The lowest BCUT2D eigenvalue weighted by atomic mass is 10.1. The number of halogens is 1. The van der Waals surface area contributed by atoms with E-state index in [4.69, 9.17) is 20.8 Å². The number of aryl methyl sites for hydroxylation is 2. The molecule has 146 valence electrons. The molecule has 5 nitrogen and oxygen atoms in total. The Morgan fingerprint density at radius 3 is 2.76 bits per heavy atom. The highest BCUT2D eigenvalue weighted by Crippen LogP contribution is 2.34. The van der Waals surface area contributed by atoms with Crippen LogP contribution in [-0.4, -0.2) is 17.5 Å². The van der Waals surface area contributed by atoms with E-state index in [1.54, 1.807) is 24.3 Å². The number of carbonyl (C=O) groups is 1. The van der Waals surface area contributed by atoms with Crippen molar-refractivity contribution in [3.05, 3.63) is 76.8 Å². The molecule has 0 bridgehead atoms. The Morgan fingerprint density at radius 1 is 1.10 bits per heavy atom. The molecule has 0 saturated heterocycles. The van der Waals surface area contributed by atoms with Gasteiger partial charge in [-0.3, -0.25) is 4.79 Å². The average Bonchev–Trinajstić information content (AvgIpc) is 3.10. The molecule has 4 aromatic rings. The lowest BCUT2D eigenvalue weighted by Crippen LogP contribution is -2.20. The molecule has 0 radical (unpaired) electrons. The highest BCUT2D eigenvalue weighted by atomic mass is 35.5. The first-order valence-electron chi connectivity index (χ1n) is 9.15. The van der Waals surface area contributed by atoms with Gasteiger partial charge in [0.2, 0.25) is 5.89 Å². The fourth-order valence-electron chi connectivity index (χ4n) is 3.06. The number of hydrogen-bond acceptors (Lipinski definition) is 4. The molecule has 0 aliphatic rings. The maximum atomic E-state index is 12.3. The van der Waals surface area contributed by atoms with Crippen molar-refractivity contribution in [1.82, 2.24) is 4.98 Å². The van der Waals surface area contributed by atoms with Gasteiger partial charge in [-0.2, -0.15) is 0 Å². The van der Waals surface area contributed by atoms with Crippen LogP contribution in [0.3, 0.4) is 0 Å². The maximum Gasteiger partial charge on any atom is 0.262 e. The Kier molecular flexibility index (Phi) is 5.23. The number of aromatic nitrogens is 1. The largest absolute Gasteiger partial charge is 0.483 e. The van der Waals surface area contributed by atoms with Crippen LogP contribution in [0.25, 0.3) is 22.6 Å². The van der Waals surface area contributed by atoms with E-state index >= 15 is 0 Å². The van der Waals surface area contributed by atoms with Crippen LogP contribution in [0.15, 0.2) is 65.1 Å². The number of fused-ring (bicyclic) bond motifs is 1. The summed E-state index contributed by atoms with van der Waals surface area (Å²) in [4.78, 5) is 16.9. The molecule has 1 heterocycles. The minimum absolute atomic E-state index is 0.149. The SMILES string of the molecule is Cc1ccc2nc(-c3cccc(C)c3OCC(=O)Nc3cccc(Cl)c3)oc2c1. The van der Waals surface area contributed by atoms with Crippen molar-refractivity contribution in [2.45, 2.75) is 13.8 Å². The van der Waals surface area contributed by atoms with E-state index in [-0.39, 0.29) is 12.5 Å². The minimum atomic E-state index is -0.283. The van der Waals surface area contributed by atoms with Crippen LogP contribution in [0.4, 0.5) is 5.69 Å². The van der Waals surface area contributed by atoms with Crippen molar-refractivity contribution in [1.29, 1.82) is 0 Å². The molecular formula is C23H19ClN2O3. The first kappa shape index (κ1) is 19.0. The van der Waals surface area contributed by atoms with Crippen LogP contribution < -0.4 is 10.1 Å². The van der Waals surface area contributed by atoms with Crippen LogP contribution in [0, 0.1) is 13.8 Å². The predicted octanol–water partition coefficient (Wildman–Crippen LogP) is 5.78. The van der Waals surface area contributed by atoms with E-state index in [2.05, 4.69) is 10.3 Å². The maximum absolute atomic E-state index is 12.3. The second kappa shape index (κ2) is 7.97. The standard InChI is InChI=1S/C23H19ClN2O3/c1-14-9-10-19-20(11-14)29-23(26-19)18-8-3-5-15(2)22(18)28-13-21(27)25-17-7-4-6-16(24)12-17/h3-12H,13H2,1-2H3,(H,25,27). The van der Waals surface area contributed by atoms with Gasteiger partial charge in [-0.1, -0.05) is 35.9 Å². The van der Waals surface area contributed by atoms with E-state index in [1.165, 1.54) is 0 Å². The summed E-state index contributed by atoms with van der Waals surface area (Å²) in [6.07, 6.45) is 0. The third-order valence-electron chi connectivity index (χ3n) is 4.44. The Balaban J connectivity index is 1.56. The number of amides is 1. The van der Waals surface area contributed by atoms with E-state index in [0.29, 0.717) is 33.5 Å². The number of benzene rings is 3. The Morgan fingerprint density at radius 2 is 1.93 bits per heavy atom. The predicted molar refractivity (Wildman–Crippen MR) is 114 cm³/mol. The zero-order valence-corrected chi connectivity index (χ0v) is 16.8. The summed E-state index contributed by atoms with van der Waals surface area (Å²) in [5.41, 5.74) is 4.79. The molecular weight excluding hydrogens is 388 g/mol. The molecule has 29 heavy (non-hydrogen) atoms. The summed E-state index contributed by atoms with van der Waals surface area (Å²) in [6.45, 7) is 3.77. The summed E-state index contributed by atoms with van der Waals surface area (Å²) < 4.78 is 11.8. The second-order valence-corrected chi connectivity index (χ2v) is 7.23. The van der Waals surface area contributed by atoms with E-state index in [0.717, 1.165) is 16.6 Å². The number of nitrogens with one attached hydrogen (secondary N) is 1. The van der Waals surface area contributed by atoms with Crippen molar-refractivity contribution in [3.8, 4) is 17.2 Å². The molecule has 3 aromatic carbocycles. The normalized spacial score (nSPS) is 10.9. The molecule has 0 unspecified atom stereocenters. The van der Waals surface area contributed by atoms with Crippen LogP contribution in [0.1, 0.15) is 11.1 Å². The van der Waals surface area contributed by atoms with Gasteiger partial charge in [-0.05, 0) is 61.4 Å². The van der Waals surface area contributed by atoms with Gasteiger partial charge in [-0.25, -0.2) is 4.98 Å². The Hall–Kier alpha value is -3.31. The molecule has 0 aliphatic carbocycles. The molecule has 0 saturated carbocycles. The fraction of sp³-hybridized carbons (Fsp3) is 0.130. The number of carbonyl (C=O) groups excluding carboxylic acids is 1. The first-order chi connectivity index (χ1) is 14.0. The third kappa shape index (κ3) is 4.25. The molecule has 1 aromatic heterocycles. The Bertz CT molecular complexity index is 1200. The molecule has 0 spiro atoms. The smallest absolute Gasteiger partial charge is 0.262 e.